The van der Waals surface area contributed by atoms with Crippen LogP contribution in [0.15, 0.2) is 0 Å². The minimum Gasteiger partial charge on any atom is -0.315 e. The maximum atomic E-state index is 8.78. The smallest absolute Gasteiger partial charge is 0.0703 e. The van der Waals surface area contributed by atoms with Gasteiger partial charge in [0.1, 0.15) is 0 Å². The summed E-state index contributed by atoms with van der Waals surface area (Å²) in [5.74, 6) is 0.759. The molecule has 0 radical (unpaired) electrons. The fourth-order valence-electron chi connectivity index (χ4n) is 1.20. The van der Waals surface area contributed by atoms with Crippen molar-refractivity contribution in [3.63, 3.8) is 0 Å². The number of nitrogens with zero attached hydrogens (tertiary/aromatic N) is 1. The summed E-state index contributed by atoms with van der Waals surface area (Å²) in [6.07, 6.45) is 3.40. The summed E-state index contributed by atoms with van der Waals surface area (Å²) in [5.41, 5.74) is 0.0248. The summed E-state index contributed by atoms with van der Waals surface area (Å²) in [5, 5.41) is 12.1. The molecule has 1 saturated carbocycles. The summed E-state index contributed by atoms with van der Waals surface area (Å²) < 4.78 is 0. The van der Waals surface area contributed by atoms with Crippen LogP contribution in [0.2, 0.25) is 0 Å². The summed E-state index contributed by atoms with van der Waals surface area (Å²) in [6, 6.07) is 2.38. The van der Waals surface area contributed by atoms with Gasteiger partial charge in [0, 0.05) is 6.54 Å². The van der Waals surface area contributed by atoms with Gasteiger partial charge in [-0.1, -0.05) is 13.8 Å². The highest BCUT2D eigenvalue weighted by Gasteiger charge is 2.42. The number of nitriles is 1. The quantitative estimate of drug-likeness (QED) is 0.633. The van der Waals surface area contributed by atoms with Gasteiger partial charge >= 0.3 is 0 Å². The molecule has 1 fully saturated rings. The van der Waals surface area contributed by atoms with Crippen LogP contribution in [0.3, 0.4) is 0 Å². The average Bonchev–Trinajstić information content (AvgIpc) is 2.79. The van der Waals surface area contributed by atoms with Gasteiger partial charge in [-0.15, -0.1) is 0 Å². The molecule has 68 valence electrons. The van der Waals surface area contributed by atoms with E-state index in [1.807, 2.05) is 0 Å². The molecule has 0 aliphatic heterocycles. The zero-order valence-corrected chi connectivity index (χ0v) is 8.06. The van der Waals surface area contributed by atoms with Crippen LogP contribution in [0.25, 0.3) is 0 Å². The van der Waals surface area contributed by atoms with Crippen LogP contribution >= 0.6 is 0 Å². The molecule has 1 aliphatic carbocycles. The molecule has 0 amide bonds. The van der Waals surface area contributed by atoms with Crippen LogP contribution in [0.4, 0.5) is 0 Å². The first-order chi connectivity index (χ1) is 5.68. The lowest BCUT2D eigenvalue weighted by molar-refractivity contribution is 0.499. The van der Waals surface area contributed by atoms with Gasteiger partial charge in [-0.25, -0.2) is 0 Å². The predicted molar refractivity (Wildman–Crippen MR) is 49.6 cm³/mol. The molecule has 1 aliphatic rings. The second kappa shape index (κ2) is 3.91. The number of rotatable bonds is 5. The topological polar surface area (TPSA) is 35.8 Å². The van der Waals surface area contributed by atoms with Gasteiger partial charge in [-0.2, -0.15) is 5.26 Å². The van der Waals surface area contributed by atoms with Gasteiger partial charge in [-0.3, -0.25) is 0 Å². The third-order valence-corrected chi connectivity index (χ3v) is 2.45. The van der Waals surface area contributed by atoms with Gasteiger partial charge in [0.15, 0.2) is 0 Å². The third kappa shape index (κ3) is 2.83. The maximum absolute atomic E-state index is 8.78. The van der Waals surface area contributed by atoms with E-state index in [2.05, 4.69) is 25.2 Å². The monoisotopic (exact) mass is 166 g/mol. The van der Waals surface area contributed by atoms with Crippen LogP contribution in [0.5, 0.6) is 0 Å². The van der Waals surface area contributed by atoms with Crippen molar-refractivity contribution in [3.05, 3.63) is 0 Å². The van der Waals surface area contributed by atoms with E-state index in [1.165, 1.54) is 6.42 Å². The van der Waals surface area contributed by atoms with Crippen molar-refractivity contribution in [1.29, 1.82) is 5.26 Å². The molecule has 0 unspecified atom stereocenters. The van der Waals surface area contributed by atoms with Gasteiger partial charge in [0.2, 0.25) is 0 Å². The molecular formula is C10H18N2. The molecule has 0 heterocycles. The van der Waals surface area contributed by atoms with Crippen LogP contribution in [0.1, 0.15) is 33.1 Å². The lowest BCUT2D eigenvalue weighted by atomic mass is 10.1. The third-order valence-electron chi connectivity index (χ3n) is 2.45. The Bertz CT molecular complexity index is 175. The fourth-order valence-corrected chi connectivity index (χ4v) is 1.20. The normalized spacial score (nSPS) is 19.2. The van der Waals surface area contributed by atoms with Crippen LogP contribution in [-0.4, -0.2) is 13.1 Å². The molecule has 0 aromatic carbocycles. The molecule has 0 aromatic rings. The van der Waals surface area contributed by atoms with Crippen LogP contribution in [0, 0.1) is 22.7 Å². The predicted octanol–water partition coefficient (Wildman–Crippen LogP) is 1.93. The van der Waals surface area contributed by atoms with Crippen LogP contribution in [-0.2, 0) is 0 Å². The van der Waals surface area contributed by atoms with E-state index in [0.717, 1.165) is 31.8 Å². The molecule has 0 atom stereocenters. The Kier molecular flexibility index (Phi) is 3.11. The fraction of sp³-hybridized carbons (Fsp3) is 0.900. The molecule has 1 rings (SSSR count). The van der Waals surface area contributed by atoms with Crippen LogP contribution < -0.4 is 5.32 Å². The Morgan fingerprint density at radius 1 is 1.50 bits per heavy atom. The minimum atomic E-state index is 0.0248. The van der Waals surface area contributed by atoms with Gasteiger partial charge in [0.05, 0.1) is 11.5 Å². The molecule has 1 N–H and O–H groups in total. The van der Waals surface area contributed by atoms with Gasteiger partial charge < -0.3 is 5.32 Å². The second-order valence-electron chi connectivity index (χ2n) is 4.25. The summed E-state index contributed by atoms with van der Waals surface area (Å²) in [7, 11) is 0. The van der Waals surface area contributed by atoms with Gasteiger partial charge in [0.25, 0.3) is 0 Å². The zero-order valence-electron chi connectivity index (χ0n) is 8.06. The first kappa shape index (κ1) is 9.54. The van der Waals surface area contributed by atoms with Crippen molar-refractivity contribution in [2.24, 2.45) is 11.3 Å². The molecule has 12 heavy (non-hydrogen) atoms. The van der Waals surface area contributed by atoms with E-state index in [1.54, 1.807) is 0 Å². The molecule has 0 aromatic heterocycles. The molecule has 2 heteroatoms. The second-order valence-corrected chi connectivity index (χ2v) is 4.25. The largest absolute Gasteiger partial charge is 0.315 e. The van der Waals surface area contributed by atoms with Crippen molar-refractivity contribution in [1.82, 2.24) is 5.32 Å². The van der Waals surface area contributed by atoms with Crippen molar-refractivity contribution in [3.8, 4) is 6.07 Å². The molecule has 0 spiro atoms. The molecule has 0 saturated heterocycles. The Morgan fingerprint density at radius 3 is 2.58 bits per heavy atom. The Labute approximate surface area is 75.0 Å². The Morgan fingerprint density at radius 2 is 2.17 bits per heavy atom. The number of hydrogen-bond donors (Lipinski definition) is 1. The Balaban J connectivity index is 2.00. The Hall–Kier alpha value is -0.550. The van der Waals surface area contributed by atoms with Gasteiger partial charge in [-0.05, 0) is 31.7 Å². The van der Waals surface area contributed by atoms with Crippen molar-refractivity contribution in [2.75, 3.05) is 13.1 Å². The maximum Gasteiger partial charge on any atom is 0.0703 e. The number of nitrogens with one attached hydrogen (secondary N) is 1. The average molecular weight is 166 g/mol. The van der Waals surface area contributed by atoms with E-state index < -0.39 is 0 Å². The minimum absolute atomic E-state index is 0.0248. The molecule has 0 bridgehead atoms. The van der Waals surface area contributed by atoms with Crippen molar-refractivity contribution in [2.45, 2.75) is 33.1 Å². The van der Waals surface area contributed by atoms with Crippen molar-refractivity contribution < 1.29 is 0 Å². The van der Waals surface area contributed by atoms with E-state index in [-0.39, 0.29) is 5.41 Å². The lowest BCUT2D eigenvalue weighted by Crippen LogP contribution is -2.24. The van der Waals surface area contributed by atoms with E-state index in [4.69, 9.17) is 5.26 Å². The van der Waals surface area contributed by atoms with E-state index in [9.17, 15) is 0 Å². The number of hydrogen-bond acceptors (Lipinski definition) is 2. The first-order valence-electron chi connectivity index (χ1n) is 4.80. The molecule has 2 nitrogen and oxygen atoms in total. The summed E-state index contributed by atoms with van der Waals surface area (Å²) in [4.78, 5) is 0. The highest BCUT2D eigenvalue weighted by molar-refractivity contribution is 5.10. The van der Waals surface area contributed by atoms with E-state index >= 15 is 0 Å². The summed E-state index contributed by atoms with van der Waals surface area (Å²) >= 11 is 0. The zero-order chi connectivity index (χ0) is 9.03. The molecular weight excluding hydrogens is 148 g/mol. The van der Waals surface area contributed by atoms with Crippen molar-refractivity contribution >= 4 is 0 Å². The standard InChI is InChI=1S/C10H18N2/c1-9(2)3-6-12-8-10(7-11)4-5-10/h9,12H,3-6,8H2,1-2H3. The SMILES string of the molecule is CC(C)CCNCC1(C#N)CC1. The lowest BCUT2D eigenvalue weighted by Gasteiger charge is -2.08. The summed E-state index contributed by atoms with van der Waals surface area (Å²) in [6.45, 7) is 6.40. The highest BCUT2D eigenvalue weighted by atomic mass is 14.9. The highest BCUT2D eigenvalue weighted by Crippen LogP contribution is 2.43. The first-order valence-corrected chi connectivity index (χ1v) is 4.80. The van der Waals surface area contributed by atoms with E-state index in [0.29, 0.717) is 0 Å².